The lowest BCUT2D eigenvalue weighted by atomic mass is 10.1. The minimum Gasteiger partial charge on any atom is -0.462 e. The standard InChI is InChI=1S/C26H22Cl2N4O5/c1-2-36-26(35)19-13-18-22(29-21-7-3-4-10-31(21)25(18)34)32(14-16-6-5-11-37-16)23(19)30-24(33)17-9-8-15(27)12-20(17)28/h3-4,7-10,12-13,16H,2,5-6,11,14H2,1H3. The highest BCUT2D eigenvalue weighted by Crippen LogP contribution is 2.22. The fourth-order valence-electron chi connectivity index (χ4n) is 4.34. The molecule has 4 heterocycles. The molecule has 0 saturated carbocycles. The van der Waals surface area contributed by atoms with Gasteiger partial charge in [0, 0.05) is 17.8 Å². The Labute approximate surface area is 220 Å². The van der Waals surface area contributed by atoms with E-state index in [2.05, 4.69) is 4.99 Å². The third-order valence-electron chi connectivity index (χ3n) is 6.06. The van der Waals surface area contributed by atoms with Crippen LogP contribution < -0.4 is 11.0 Å². The first-order valence-corrected chi connectivity index (χ1v) is 12.5. The number of ether oxygens (including phenoxy) is 2. The molecule has 1 aliphatic heterocycles. The van der Waals surface area contributed by atoms with Gasteiger partial charge in [0.15, 0.2) is 5.49 Å². The third-order valence-corrected chi connectivity index (χ3v) is 6.61. The van der Waals surface area contributed by atoms with Crippen molar-refractivity contribution in [3.63, 3.8) is 0 Å². The summed E-state index contributed by atoms with van der Waals surface area (Å²) in [5.74, 6) is -1.41. The Hall–Kier alpha value is -3.53. The zero-order valence-corrected chi connectivity index (χ0v) is 21.3. The van der Waals surface area contributed by atoms with Crippen LogP contribution in [0.2, 0.25) is 10.0 Å². The van der Waals surface area contributed by atoms with Crippen molar-refractivity contribution in [1.82, 2.24) is 14.0 Å². The van der Waals surface area contributed by atoms with E-state index >= 15 is 0 Å². The van der Waals surface area contributed by atoms with Gasteiger partial charge in [-0.25, -0.2) is 9.78 Å². The normalized spacial score (nSPS) is 16.0. The molecule has 0 radical (unpaired) electrons. The predicted octanol–water partition coefficient (Wildman–Crippen LogP) is 4.05. The Bertz CT molecular complexity index is 1670. The van der Waals surface area contributed by atoms with Crippen molar-refractivity contribution < 1.29 is 19.1 Å². The molecule has 1 fully saturated rings. The van der Waals surface area contributed by atoms with Gasteiger partial charge in [-0.15, -0.1) is 0 Å². The van der Waals surface area contributed by atoms with E-state index in [1.807, 2.05) is 0 Å². The van der Waals surface area contributed by atoms with Crippen LogP contribution in [0.25, 0.3) is 16.7 Å². The molecular weight excluding hydrogens is 519 g/mol. The third kappa shape index (κ3) is 4.90. The molecule has 0 aliphatic carbocycles. The summed E-state index contributed by atoms with van der Waals surface area (Å²) in [4.78, 5) is 48.9. The number of hydrogen-bond acceptors (Lipinski definition) is 6. The average molecular weight is 541 g/mol. The lowest BCUT2D eigenvalue weighted by Gasteiger charge is -2.18. The van der Waals surface area contributed by atoms with Crippen LogP contribution in [0.1, 0.15) is 40.5 Å². The van der Waals surface area contributed by atoms with Crippen LogP contribution in [0, 0.1) is 0 Å². The summed E-state index contributed by atoms with van der Waals surface area (Å²) in [5.41, 5.74) is 0.378. The van der Waals surface area contributed by atoms with Gasteiger partial charge in [-0.3, -0.25) is 14.0 Å². The number of nitrogens with zero attached hydrogens (tertiary/aromatic N) is 4. The molecule has 1 atom stereocenters. The van der Waals surface area contributed by atoms with Crippen LogP contribution in [0.15, 0.2) is 58.4 Å². The summed E-state index contributed by atoms with van der Waals surface area (Å²) < 4.78 is 14.1. The SMILES string of the molecule is CCOC(=O)c1cc2c(=O)n3ccccc3nc2n(CC2CCCO2)c1=NC(=O)c1ccc(Cl)cc1Cl. The van der Waals surface area contributed by atoms with Gasteiger partial charge in [0.1, 0.15) is 16.9 Å². The van der Waals surface area contributed by atoms with Gasteiger partial charge in [-0.1, -0.05) is 29.3 Å². The Morgan fingerprint density at radius 1 is 1.19 bits per heavy atom. The first kappa shape index (κ1) is 25.1. The van der Waals surface area contributed by atoms with Crippen LogP contribution in [0.4, 0.5) is 0 Å². The molecule has 11 heteroatoms. The topological polar surface area (TPSA) is 104 Å². The molecule has 0 bridgehead atoms. The molecule has 9 nitrogen and oxygen atoms in total. The maximum Gasteiger partial charge on any atom is 0.341 e. The van der Waals surface area contributed by atoms with E-state index in [0.29, 0.717) is 17.3 Å². The van der Waals surface area contributed by atoms with Crippen molar-refractivity contribution >= 4 is 51.8 Å². The summed E-state index contributed by atoms with van der Waals surface area (Å²) in [7, 11) is 0. The number of esters is 1. The lowest BCUT2D eigenvalue weighted by Crippen LogP contribution is -2.35. The predicted molar refractivity (Wildman–Crippen MR) is 138 cm³/mol. The fourth-order valence-corrected chi connectivity index (χ4v) is 4.83. The van der Waals surface area contributed by atoms with E-state index in [0.717, 1.165) is 12.8 Å². The molecule has 1 aliphatic rings. The Morgan fingerprint density at radius 2 is 2.03 bits per heavy atom. The van der Waals surface area contributed by atoms with Crippen molar-refractivity contribution in [2.24, 2.45) is 4.99 Å². The maximum absolute atomic E-state index is 13.4. The smallest absolute Gasteiger partial charge is 0.341 e. The lowest BCUT2D eigenvalue weighted by molar-refractivity contribution is 0.0521. The quantitative estimate of drug-likeness (QED) is 0.279. The number of pyridine rings is 2. The molecule has 0 N–H and O–H groups in total. The number of halogens is 2. The summed E-state index contributed by atoms with van der Waals surface area (Å²) in [6, 6.07) is 11.0. The first-order chi connectivity index (χ1) is 17.9. The minimum atomic E-state index is -0.725. The highest BCUT2D eigenvalue weighted by Gasteiger charge is 2.24. The van der Waals surface area contributed by atoms with Gasteiger partial charge < -0.3 is 14.0 Å². The van der Waals surface area contributed by atoms with E-state index in [1.54, 1.807) is 35.9 Å². The van der Waals surface area contributed by atoms with E-state index in [4.69, 9.17) is 37.7 Å². The van der Waals surface area contributed by atoms with E-state index in [9.17, 15) is 14.4 Å². The van der Waals surface area contributed by atoms with E-state index in [-0.39, 0.29) is 57.5 Å². The molecule has 4 aromatic rings. The van der Waals surface area contributed by atoms with Crippen molar-refractivity contribution in [2.75, 3.05) is 13.2 Å². The van der Waals surface area contributed by atoms with E-state index < -0.39 is 11.9 Å². The van der Waals surface area contributed by atoms with Crippen molar-refractivity contribution in [3.05, 3.63) is 85.7 Å². The summed E-state index contributed by atoms with van der Waals surface area (Å²) in [5, 5.41) is 0.665. The van der Waals surface area contributed by atoms with Gasteiger partial charge in [-0.2, -0.15) is 4.99 Å². The summed E-state index contributed by atoms with van der Waals surface area (Å²) in [6.45, 7) is 2.57. The molecule has 190 valence electrons. The molecule has 37 heavy (non-hydrogen) atoms. The molecule has 1 saturated heterocycles. The number of carbonyl (C=O) groups is 2. The summed E-state index contributed by atoms with van der Waals surface area (Å²) >= 11 is 12.2. The van der Waals surface area contributed by atoms with Crippen LogP contribution in [0.3, 0.4) is 0 Å². The second-order valence-electron chi connectivity index (χ2n) is 8.47. The molecule has 0 spiro atoms. The van der Waals surface area contributed by atoms with Crippen LogP contribution in [-0.2, 0) is 16.0 Å². The number of amides is 1. The second kappa shape index (κ2) is 10.5. The molecule has 1 unspecified atom stereocenters. The average Bonchev–Trinajstić information content (AvgIpc) is 3.39. The zero-order valence-electron chi connectivity index (χ0n) is 19.8. The minimum absolute atomic E-state index is 0.00430. The zero-order chi connectivity index (χ0) is 26.1. The number of benzene rings is 1. The highest BCUT2D eigenvalue weighted by molar-refractivity contribution is 6.36. The molecule has 1 amide bonds. The van der Waals surface area contributed by atoms with Crippen LogP contribution >= 0.6 is 23.2 Å². The van der Waals surface area contributed by atoms with Crippen molar-refractivity contribution in [1.29, 1.82) is 0 Å². The Balaban J connectivity index is 1.86. The summed E-state index contributed by atoms with van der Waals surface area (Å²) in [6.07, 6.45) is 3.01. The van der Waals surface area contributed by atoms with Gasteiger partial charge in [0.2, 0.25) is 0 Å². The second-order valence-corrected chi connectivity index (χ2v) is 9.32. The van der Waals surface area contributed by atoms with Crippen molar-refractivity contribution in [3.8, 4) is 0 Å². The number of carbonyl (C=O) groups excluding carboxylic acids is 2. The Kier molecular flexibility index (Phi) is 7.10. The number of rotatable bonds is 5. The number of hydrogen-bond donors (Lipinski definition) is 0. The van der Waals surface area contributed by atoms with Gasteiger partial charge in [0.25, 0.3) is 11.5 Å². The Morgan fingerprint density at radius 3 is 2.76 bits per heavy atom. The molecule has 1 aromatic carbocycles. The van der Waals surface area contributed by atoms with Gasteiger partial charge in [0.05, 0.1) is 35.2 Å². The number of aromatic nitrogens is 3. The maximum atomic E-state index is 13.4. The largest absolute Gasteiger partial charge is 0.462 e. The van der Waals surface area contributed by atoms with Crippen LogP contribution in [-0.4, -0.2) is 45.1 Å². The number of fused-ring (bicyclic) bond motifs is 2. The highest BCUT2D eigenvalue weighted by atomic mass is 35.5. The fraction of sp³-hybridized carbons (Fsp3) is 0.269. The van der Waals surface area contributed by atoms with Gasteiger partial charge in [-0.05, 0) is 56.2 Å². The first-order valence-electron chi connectivity index (χ1n) is 11.7. The van der Waals surface area contributed by atoms with E-state index in [1.165, 1.54) is 28.7 Å². The molecule has 5 rings (SSSR count). The van der Waals surface area contributed by atoms with Crippen molar-refractivity contribution in [2.45, 2.75) is 32.4 Å². The van der Waals surface area contributed by atoms with Crippen LogP contribution in [0.5, 0.6) is 0 Å². The molecular formula is C26H22Cl2N4O5. The molecule has 3 aromatic heterocycles. The van der Waals surface area contributed by atoms with Gasteiger partial charge >= 0.3 is 5.97 Å². The monoisotopic (exact) mass is 540 g/mol.